The monoisotopic (exact) mass is 320 g/mol. The van der Waals surface area contributed by atoms with E-state index in [1.165, 1.54) is 4.68 Å². The molecule has 5 heteroatoms. The second kappa shape index (κ2) is 5.85. The van der Waals surface area contributed by atoms with E-state index in [1.54, 1.807) is 12.1 Å². The van der Waals surface area contributed by atoms with Crippen LogP contribution in [0.15, 0.2) is 59.4 Å². The van der Waals surface area contributed by atoms with Gasteiger partial charge in [-0.25, -0.2) is 4.68 Å². The van der Waals surface area contributed by atoms with E-state index in [0.717, 1.165) is 28.1 Å². The van der Waals surface area contributed by atoms with Gasteiger partial charge in [-0.15, -0.1) is 0 Å². The summed E-state index contributed by atoms with van der Waals surface area (Å²) in [5.41, 5.74) is 3.71. The summed E-state index contributed by atoms with van der Waals surface area (Å²) < 4.78 is 12.2. The summed E-state index contributed by atoms with van der Waals surface area (Å²) in [6, 6.07) is 16.9. The Kier molecular flexibility index (Phi) is 3.54. The molecule has 5 nitrogen and oxygen atoms in total. The lowest BCUT2D eigenvalue weighted by atomic mass is 10.1. The minimum absolute atomic E-state index is 0.122. The lowest BCUT2D eigenvalue weighted by Gasteiger charge is -2.09. The zero-order valence-corrected chi connectivity index (χ0v) is 13.2. The fourth-order valence-electron chi connectivity index (χ4n) is 2.72. The third-order valence-corrected chi connectivity index (χ3v) is 4.12. The van der Waals surface area contributed by atoms with E-state index < -0.39 is 0 Å². The number of hydrogen-bond acceptors (Lipinski definition) is 4. The molecule has 1 aromatic heterocycles. The van der Waals surface area contributed by atoms with Crippen LogP contribution in [-0.4, -0.2) is 16.6 Å². The van der Waals surface area contributed by atoms with Crippen molar-refractivity contribution >= 4 is 0 Å². The standard InChI is InChI=1S/C19H16N2O3/c1-13-4-2-3-5-15(13)11-21-19(22)9-7-16(20-21)14-6-8-17-18(10-14)24-12-23-17/h2-10H,11-12H2,1H3. The smallest absolute Gasteiger partial charge is 0.267 e. The molecule has 0 unspecified atom stereocenters. The zero-order chi connectivity index (χ0) is 16.5. The van der Waals surface area contributed by atoms with Gasteiger partial charge in [-0.2, -0.15) is 5.10 Å². The van der Waals surface area contributed by atoms with Gasteiger partial charge < -0.3 is 9.47 Å². The van der Waals surface area contributed by atoms with Crippen LogP contribution in [0.1, 0.15) is 11.1 Å². The lowest BCUT2D eigenvalue weighted by Crippen LogP contribution is -2.23. The summed E-state index contributed by atoms with van der Waals surface area (Å²) in [5.74, 6) is 1.43. The first-order valence-corrected chi connectivity index (χ1v) is 7.73. The topological polar surface area (TPSA) is 53.4 Å². The van der Waals surface area contributed by atoms with Gasteiger partial charge in [0, 0.05) is 11.6 Å². The molecular formula is C19H16N2O3. The summed E-state index contributed by atoms with van der Waals surface area (Å²) in [7, 11) is 0. The van der Waals surface area contributed by atoms with E-state index >= 15 is 0 Å². The predicted molar refractivity (Wildman–Crippen MR) is 90.3 cm³/mol. The Morgan fingerprint density at radius 1 is 1.04 bits per heavy atom. The van der Waals surface area contributed by atoms with Crippen molar-refractivity contribution in [2.45, 2.75) is 13.5 Å². The highest BCUT2D eigenvalue weighted by molar-refractivity contribution is 5.63. The van der Waals surface area contributed by atoms with E-state index in [1.807, 2.05) is 49.4 Å². The molecule has 0 N–H and O–H groups in total. The number of fused-ring (bicyclic) bond motifs is 1. The number of benzene rings is 2. The quantitative estimate of drug-likeness (QED) is 0.744. The Morgan fingerprint density at radius 3 is 2.75 bits per heavy atom. The number of rotatable bonds is 3. The molecule has 0 atom stereocenters. The summed E-state index contributed by atoms with van der Waals surface area (Å²) in [5, 5.41) is 4.51. The van der Waals surface area contributed by atoms with Crippen LogP contribution in [0.25, 0.3) is 11.3 Å². The van der Waals surface area contributed by atoms with Crippen LogP contribution in [-0.2, 0) is 6.54 Å². The Labute approximate surface area is 139 Å². The fraction of sp³-hybridized carbons (Fsp3) is 0.158. The Bertz CT molecular complexity index is 963. The first-order valence-electron chi connectivity index (χ1n) is 7.73. The highest BCUT2D eigenvalue weighted by Gasteiger charge is 2.15. The summed E-state index contributed by atoms with van der Waals surface area (Å²) in [6.45, 7) is 2.71. The largest absolute Gasteiger partial charge is 0.454 e. The highest BCUT2D eigenvalue weighted by Crippen LogP contribution is 2.35. The van der Waals surface area contributed by atoms with Crippen LogP contribution in [0.5, 0.6) is 11.5 Å². The first-order chi connectivity index (χ1) is 11.7. The van der Waals surface area contributed by atoms with Gasteiger partial charge in [0.05, 0.1) is 12.2 Å². The molecule has 24 heavy (non-hydrogen) atoms. The van der Waals surface area contributed by atoms with E-state index in [-0.39, 0.29) is 12.4 Å². The summed E-state index contributed by atoms with van der Waals surface area (Å²) >= 11 is 0. The SMILES string of the molecule is Cc1ccccc1Cn1nc(-c2ccc3c(c2)OCO3)ccc1=O. The van der Waals surface area contributed by atoms with Crippen LogP contribution in [0.3, 0.4) is 0 Å². The van der Waals surface area contributed by atoms with Gasteiger partial charge >= 0.3 is 0 Å². The van der Waals surface area contributed by atoms with E-state index in [0.29, 0.717) is 12.3 Å². The molecule has 2 heterocycles. The number of aromatic nitrogens is 2. The molecule has 3 aromatic rings. The van der Waals surface area contributed by atoms with Crippen molar-refractivity contribution in [3.05, 3.63) is 76.1 Å². The normalized spacial score (nSPS) is 12.4. The van der Waals surface area contributed by atoms with Gasteiger partial charge in [-0.3, -0.25) is 4.79 Å². The molecule has 0 saturated carbocycles. The van der Waals surface area contributed by atoms with Crippen LogP contribution < -0.4 is 15.0 Å². The van der Waals surface area contributed by atoms with Gasteiger partial charge in [0.1, 0.15) is 0 Å². The van der Waals surface area contributed by atoms with Gasteiger partial charge in [0.15, 0.2) is 11.5 Å². The van der Waals surface area contributed by atoms with Crippen LogP contribution in [0.4, 0.5) is 0 Å². The molecule has 0 fully saturated rings. The maximum absolute atomic E-state index is 12.2. The Morgan fingerprint density at radius 2 is 1.88 bits per heavy atom. The molecule has 1 aliphatic heterocycles. The molecule has 4 rings (SSSR count). The van der Waals surface area contributed by atoms with Crippen molar-refractivity contribution in [1.82, 2.24) is 9.78 Å². The van der Waals surface area contributed by atoms with Gasteiger partial charge in [-0.05, 0) is 42.3 Å². The third kappa shape index (κ3) is 2.65. The van der Waals surface area contributed by atoms with Crippen LogP contribution >= 0.6 is 0 Å². The minimum atomic E-state index is -0.122. The van der Waals surface area contributed by atoms with Gasteiger partial charge in [-0.1, -0.05) is 24.3 Å². The zero-order valence-electron chi connectivity index (χ0n) is 13.2. The van der Waals surface area contributed by atoms with Crippen LogP contribution in [0, 0.1) is 6.92 Å². The lowest BCUT2D eigenvalue weighted by molar-refractivity contribution is 0.174. The van der Waals surface area contributed by atoms with Crippen molar-refractivity contribution in [3.8, 4) is 22.8 Å². The molecule has 0 saturated heterocycles. The molecule has 0 aliphatic carbocycles. The van der Waals surface area contributed by atoms with E-state index in [4.69, 9.17) is 9.47 Å². The number of ether oxygens (including phenoxy) is 2. The second-order valence-corrected chi connectivity index (χ2v) is 5.71. The van der Waals surface area contributed by atoms with Crippen molar-refractivity contribution in [3.63, 3.8) is 0 Å². The van der Waals surface area contributed by atoms with E-state index in [9.17, 15) is 4.79 Å². The van der Waals surface area contributed by atoms with Crippen molar-refractivity contribution < 1.29 is 9.47 Å². The molecule has 2 aromatic carbocycles. The molecular weight excluding hydrogens is 304 g/mol. The number of aryl methyl sites for hydroxylation is 1. The maximum Gasteiger partial charge on any atom is 0.267 e. The van der Waals surface area contributed by atoms with Gasteiger partial charge in [0.25, 0.3) is 5.56 Å². The molecule has 1 aliphatic rings. The van der Waals surface area contributed by atoms with Crippen molar-refractivity contribution in [2.75, 3.05) is 6.79 Å². The summed E-state index contributed by atoms with van der Waals surface area (Å²) in [6.07, 6.45) is 0. The average Bonchev–Trinajstić information content (AvgIpc) is 3.06. The highest BCUT2D eigenvalue weighted by atomic mass is 16.7. The van der Waals surface area contributed by atoms with Gasteiger partial charge in [0.2, 0.25) is 6.79 Å². The number of hydrogen-bond donors (Lipinski definition) is 0. The molecule has 0 radical (unpaired) electrons. The van der Waals surface area contributed by atoms with Crippen LogP contribution in [0.2, 0.25) is 0 Å². The van der Waals surface area contributed by atoms with E-state index in [2.05, 4.69) is 5.10 Å². The third-order valence-electron chi connectivity index (χ3n) is 4.12. The fourth-order valence-corrected chi connectivity index (χ4v) is 2.72. The molecule has 0 bridgehead atoms. The molecule has 120 valence electrons. The Hall–Kier alpha value is -3.08. The Balaban J connectivity index is 1.71. The van der Waals surface area contributed by atoms with Crippen molar-refractivity contribution in [1.29, 1.82) is 0 Å². The maximum atomic E-state index is 12.2. The molecule has 0 amide bonds. The minimum Gasteiger partial charge on any atom is -0.454 e. The average molecular weight is 320 g/mol. The van der Waals surface area contributed by atoms with Crippen molar-refractivity contribution in [2.24, 2.45) is 0 Å². The molecule has 0 spiro atoms. The number of nitrogens with zero attached hydrogens (tertiary/aromatic N) is 2. The first kappa shape index (κ1) is 14.5. The summed E-state index contributed by atoms with van der Waals surface area (Å²) in [4.78, 5) is 12.2. The predicted octanol–water partition coefficient (Wildman–Crippen LogP) is 3.00. The second-order valence-electron chi connectivity index (χ2n) is 5.71.